The van der Waals surface area contributed by atoms with Gasteiger partial charge in [0.05, 0.1) is 38.7 Å². The molecule has 2 amide bonds. The monoisotopic (exact) mass is 395 g/mol. The van der Waals surface area contributed by atoms with Crippen LogP contribution in [0.2, 0.25) is 0 Å². The van der Waals surface area contributed by atoms with E-state index in [0.29, 0.717) is 11.1 Å². The third-order valence-corrected chi connectivity index (χ3v) is 4.91. The van der Waals surface area contributed by atoms with E-state index in [1.54, 1.807) is 29.8 Å². The number of hydrogen-bond acceptors (Lipinski definition) is 6. The predicted octanol–water partition coefficient (Wildman–Crippen LogP) is 1.19. The van der Waals surface area contributed by atoms with Crippen molar-refractivity contribution in [1.29, 1.82) is 0 Å². The van der Waals surface area contributed by atoms with Crippen molar-refractivity contribution in [2.24, 2.45) is 0 Å². The third-order valence-electron chi connectivity index (χ3n) is 4.10. The molecule has 28 heavy (non-hydrogen) atoms. The molecule has 140 valence electrons. The highest BCUT2D eigenvalue weighted by Crippen LogP contribution is 2.19. The Kier molecular flexibility index (Phi) is 4.45. The van der Waals surface area contributed by atoms with Gasteiger partial charge in [0.25, 0.3) is 17.0 Å². The van der Waals surface area contributed by atoms with E-state index in [4.69, 9.17) is 0 Å². The average molecular weight is 395 g/mol. The molecule has 4 N–H and O–H groups in total. The lowest BCUT2D eigenvalue weighted by Gasteiger charge is -2.09. The van der Waals surface area contributed by atoms with E-state index in [1.165, 1.54) is 23.5 Å². The Morgan fingerprint density at radius 1 is 1.07 bits per heavy atom. The molecule has 2 aromatic heterocycles. The number of anilines is 1. The Morgan fingerprint density at radius 2 is 1.89 bits per heavy atom. The number of thiazole rings is 1. The summed E-state index contributed by atoms with van der Waals surface area (Å²) >= 11 is 1.47. The first-order valence-corrected chi connectivity index (χ1v) is 9.06. The highest BCUT2D eigenvalue weighted by atomic mass is 32.1. The van der Waals surface area contributed by atoms with Gasteiger partial charge in [-0.2, -0.15) is 0 Å². The Hall–Kier alpha value is -3.79. The summed E-state index contributed by atoms with van der Waals surface area (Å²) in [5.41, 5.74) is 1.97. The zero-order chi connectivity index (χ0) is 19.7. The number of nitrogens with one attached hydrogen (secondary N) is 4. The number of aromatic nitrogens is 3. The molecule has 0 saturated heterocycles. The van der Waals surface area contributed by atoms with Gasteiger partial charge >= 0.3 is 0 Å². The highest BCUT2D eigenvalue weighted by Gasteiger charge is 2.13. The van der Waals surface area contributed by atoms with Crippen LogP contribution in [-0.2, 0) is 4.79 Å². The van der Waals surface area contributed by atoms with Crippen molar-refractivity contribution in [3.8, 4) is 0 Å². The minimum atomic E-state index is -0.536. The van der Waals surface area contributed by atoms with Crippen molar-refractivity contribution in [3.63, 3.8) is 0 Å². The molecule has 0 radical (unpaired) electrons. The second kappa shape index (κ2) is 7.08. The van der Waals surface area contributed by atoms with Gasteiger partial charge in [-0.1, -0.05) is 6.07 Å². The number of hydrogen-bond donors (Lipinski definition) is 4. The molecule has 0 aliphatic heterocycles. The van der Waals surface area contributed by atoms with Crippen LogP contribution in [0.5, 0.6) is 0 Å². The average Bonchev–Trinajstić information content (AvgIpc) is 3.17. The summed E-state index contributed by atoms with van der Waals surface area (Å²) in [4.78, 5) is 52.5. The van der Waals surface area contributed by atoms with Gasteiger partial charge in [-0.25, -0.2) is 4.98 Å². The number of aromatic amines is 2. The second-order valence-corrected chi connectivity index (χ2v) is 6.79. The van der Waals surface area contributed by atoms with Gasteiger partial charge in [0, 0.05) is 5.56 Å². The van der Waals surface area contributed by atoms with Gasteiger partial charge in [0.2, 0.25) is 5.91 Å². The van der Waals surface area contributed by atoms with Gasteiger partial charge < -0.3 is 10.6 Å². The molecule has 4 rings (SSSR count). The first kappa shape index (κ1) is 17.6. The lowest BCUT2D eigenvalue weighted by atomic mass is 10.1. The summed E-state index contributed by atoms with van der Waals surface area (Å²) in [6, 6.07) is 9.64. The van der Waals surface area contributed by atoms with Crippen LogP contribution >= 0.6 is 11.3 Å². The number of carbonyl (C=O) groups is 2. The van der Waals surface area contributed by atoms with Crippen LogP contribution in [0.15, 0.2) is 51.5 Å². The summed E-state index contributed by atoms with van der Waals surface area (Å²) in [6.07, 6.45) is 0. The molecular formula is C18H13N5O4S. The number of benzene rings is 2. The molecule has 0 saturated carbocycles. The molecule has 4 aromatic rings. The molecule has 0 atom stereocenters. The first-order chi connectivity index (χ1) is 13.5. The number of amides is 2. The highest BCUT2D eigenvalue weighted by molar-refractivity contribution is 7.16. The summed E-state index contributed by atoms with van der Waals surface area (Å²) in [7, 11) is 0. The zero-order valence-corrected chi connectivity index (χ0v) is 15.1. The quantitative estimate of drug-likeness (QED) is 0.411. The fraction of sp³-hybridized carbons (Fsp3) is 0.0556. The van der Waals surface area contributed by atoms with Crippen LogP contribution in [0.25, 0.3) is 21.0 Å². The Bertz CT molecular complexity index is 1340. The maximum atomic E-state index is 12.3. The number of rotatable bonds is 4. The van der Waals surface area contributed by atoms with Crippen LogP contribution < -0.4 is 21.8 Å². The number of nitrogens with zero attached hydrogens (tertiary/aromatic N) is 1. The van der Waals surface area contributed by atoms with Crippen molar-refractivity contribution < 1.29 is 9.59 Å². The molecule has 0 fully saturated rings. The van der Waals surface area contributed by atoms with Gasteiger partial charge in [-0.3, -0.25) is 29.4 Å². The SMILES string of the molecule is O=C(CNC(=O)c1ccc2scnc2c1)Nc1cccc2c(=O)[nH][nH]c(=O)c12. The molecule has 0 spiro atoms. The second-order valence-electron chi connectivity index (χ2n) is 5.90. The number of carbonyl (C=O) groups excluding carboxylic acids is 2. The van der Waals surface area contributed by atoms with E-state index in [2.05, 4.69) is 25.8 Å². The standard InChI is InChI=1S/C18H13N5O4S/c24-14(7-19-16(25)9-4-5-13-12(6-9)20-8-28-13)21-11-3-1-2-10-15(11)18(27)23-22-17(10)26/h1-6,8H,7H2,(H,19,25)(H,21,24)(H,22,26)(H,23,27). The van der Waals surface area contributed by atoms with Crippen LogP contribution in [-0.4, -0.2) is 33.5 Å². The van der Waals surface area contributed by atoms with E-state index in [0.717, 1.165) is 4.70 Å². The van der Waals surface area contributed by atoms with E-state index in [-0.39, 0.29) is 23.0 Å². The lowest BCUT2D eigenvalue weighted by molar-refractivity contribution is -0.115. The van der Waals surface area contributed by atoms with E-state index in [1.807, 2.05) is 0 Å². The van der Waals surface area contributed by atoms with Crippen molar-refractivity contribution in [3.05, 3.63) is 68.2 Å². The maximum absolute atomic E-state index is 12.3. The van der Waals surface area contributed by atoms with Crippen LogP contribution in [0.4, 0.5) is 5.69 Å². The molecule has 2 heterocycles. The van der Waals surface area contributed by atoms with Crippen LogP contribution in [0, 0.1) is 0 Å². The van der Waals surface area contributed by atoms with Crippen LogP contribution in [0.3, 0.4) is 0 Å². The minimum Gasteiger partial charge on any atom is -0.343 e. The topological polar surface area (TPSA) is 137 Å². The van der Waals surface area contributed by atoms with Crippen LogP contribution in [0.1, 0.15) is 10.4 Å². The van der Waals surface area contributed by atoms with Crippen molar-refractivity contribution in [2.45, 2.75) is 0 Å². The van der Waals surface area contributed by atoms with Gasteiger partial charge in [-0.05, 0) is 30.3 Å². The predicted molar refractivity (Wildman–Crippen MR) is 106 cm³/mol. The minimum absolute atomic E-state index is 0.0694. The molecule has 2 aromatic carbocycles. The molecule has 0 unspecified atom stereocenters. The Labute approximate surface area is 160 Å². The fourth-order valence-corrected chi connectivity index (χ4v) is 3.45. The number of H-pyrrole nitrogens is 2. The molecular weight excluding hydrogens is 382 g/mol. The Morgan fingerprint density at radius 3 is 2.75 bits per heavy atom. The largest absolute Gasteiger partial charge is 0.343 e. The molecule has 9 nitrogen and oxygen atoms in total. The third kappa shape index (κ3) is 3.28. The van der Waals surface area contributed by atoms with Gasteiger partial charge in [0.1, 0.15) is 0 Å². The number of fused-ring (bicyclic) bond motifs is 2. The molecule has 10 heteroatoms. The van der Waals surface area contributed by atoms with E-state index in [9.17, 15) is 19.2 Å². The molecule has 0 aliphatic rings. The summed E-state index contributed by atoms with van der Waals surface area (Å²) < 4.78 is 0.963. The van der Waals surface area contributed by atoms with E-state index >= 15 is 0 Å². The van der Waals surface area contributed by atoms with Crippen molar-refractivity contribution in [1.82, 2.24) is 20.5 Å². The summed E-state index contributed by atoms with van der Waals surface area (Å²) in [5.74, 6) is -0.951. The maximum Gasteiger partial charge on any atom is 0.272 e. The Balaban J connectivity index is 1.48. The smallest absolute Gasteiger partial charge is 0.272 e. The zero-order valence-electron chi connectivity index (χ0n) is 14.2. The fourth-order valence-electron chi connectivity index (χ4n) is 2.79. The molecule has 0 aliphatic carbocycles. The van der Waals surface area contributed by atoms with Crippen molar-refractivity contribution in [2.75, 3.05) is 11.9 Å². The first-order valence-electron chi connectivity index (χ1n) is 8.18. The molecule has 0 bridgehead atoms. The summed E-state index contributed by atoms with van der Waals surface area (Å²) in [5, 5.41) is 9.74. The van der Waals surface area contributed by atoms with E-state index < -0.39 is 22.9 Å². The van der Waals surface area contributed by atoms with Crippen molar-refractivity contribution >= 4 is 49.8 Å². The summed E-state index contributed by atoms with van der Waals surface area (Å²) in [6.45, 7) is -0.300. The van der Waals surface area contributed by atoms with Gasteiger partial charge in [0.15, 0.2) is 0 Å². The normalized spacial score (nSPS) is 10.9. The lowest BCUT2D eigenvalue weighted by Crippen LogP contribution is -2.33. The van der Waals surface area contributed by atoms with Gasteiger partial charge in [-0.15, -0.1) is 11.3 Å².